The molecule has 5 nitrogen and oxygen atoms in total. The number of anilines is 1. The number of nitrogens with zero attached hydrogens (tertiary/aromatic N) is 2. The number of hydrogen-bond donors (Lipinski definition) is 2. The monoisotopic (exact) mass is 456 g/mol. The van der Waals surface area contributed by atoms with Crippen LogP contribution in [-0.4, -0.2) is 21.7 Å². The van der Waals surface area contributed by atoms with E-state index in [0.717, 1.165) is 16.9 Å². The Hall–Kier alpha value is -2.34. The first-order valence-electron chi connectivity index (χ1n) is 10.3. The standard InChI is InChI=1S/C24H26Cl2N4O/c1-24(2,3)30-13-12-20(29-30)19-14-21(23(31)27-18-10-8-17(26)9-11-18)28-22(19)15-4-6-16(25)7-5-15/h4-13,19,21-22,28H,14H2,1-3H3,(H,27,31)/t19?,21-,22-/m0/s1. The molecule has 2 N–H and O–H groups in total. The zero-order valence-corrected chi connectivity index (χ0v) is 19.3. The molecule has 0 spiro atoms. The second-order valence-corrected chi connectivity index (χ2v) is 9.82. The summed E-state index contributed by atoms with van der Waals surface area (Å²) in [7, 11) is 0. The SMILES string of the molecule is CC(C)(C)n1ccc(C2C[C@@H](C(=O)Nc3ccc(Cl)cc3)N[C@H]2c2ccc(Cl)cc2)n1. The van der Waals surface area contributed by atoms with Gasteiger partial charge in [-0.1, -0.05) is 35.3 Å². The number of carbonyl (C=O) groups is 1. The van der Waals surface area contributed by atoms with Crippen molar-refractivity contribution < 1.29 is 4.79 Å². The van der Waals surface area contributed by atoms with Crippen LogP contribution in [0.15, 0.2) is 60.8 Å². The Bertz CT molecular complexity index is 1050. The van der Waals surface area contributed by atoms with Crippen molar-refractivity contribution in [3.63, 3.8) is 0 Å². The summed E-state index contributed by atoms with van der Waals surface area (Å²) >= 11 is 12.0. The third kappa shape index (κ3) is 4.95. The van der Waals surface area contributed by atoms with Gasteiger partial charge in [-0.2, -0.15) is 5.10 Å². The minimum absolute atomic E-state index is 0.0402. The maximum atomic E-state index is 13.0. The molecule has 0 aliphatic carbocycles. The lowest BCUT2D eigenvalue weighted by molar-refractivity contribution is -0.117. The van der Waals surface area contributed by atoms with E-state index in [1.165, 1.54) is 0 Å². The van der Waals surface area contributed by atoms with E-state index in [4.69, 9.17) is 28.3 Å². The van der Waals surface area contributed by atoms with E-state index in [1.54, 1.807) is 24.3 Å². The Kier molecular flexibility index (Phi) is 6.11. The Morgan fingerprint density at radius 2 is 1.65 bits per heavy atom. The van der Waals surface area contributed by atoms with Crippen molar-refractivity contribution in [2.45, 2.75) is 50.7 Å². The van der Waals surface area contributed by atoms with Gasteiger partial charge in [0.15, 0.2) is 0 Å². The highest BCUT2D eigenvalue weighted by molar-refractivity contribution is 6.30. The maximum Gasteiger partial charge on any atom is 0.241 e. The van der Waals surface area contributed by atoms with Crippen molar-refractivity contribution in [3.8, 4) is 0 Å². The molecule has 1 amide bonds. The summed E-state index contributed by atoms with van der Waals surface area (Å²) in [5.74, 6) is -0.00946. The van der Waals surface area contributed by atoms with Crippen LogP contribution < -0.4 is 10.6 Å². The van der Waals surface area contributed by atoms with E-state index in [9.17, 15) is 4.79 Å². The second-order valence-electron chi connectivity index (χ2n) is 8.94. The summed E-state index contributed by atoms with van der Waals surface area (Å²) < 4.78 is 1.97. The molecule has 31 heavy (non-hydrogen) atoms. The average Bonchev–Trinajstić information content (AvgIpc) is 3.37. The second kappa shape index (κ2) is 8.65. The number of halogens is 2. The molecule has 2 heterocycles. The first-order valence-corrected chi connectivity index (χ1v) is 11.1. The lowest BCUT2D eigenvalue weighted by Crippen LogP contribution is -2.36. The average molecular weight is 457 g/mol. The molecule has 0 radical (unpaired) electrons. The lowest BCUT2D eigenvalue weighted by atomic mass is 9.90. The maximum absolute atomic E-state index is 13.0. The summed E-state index contributed by atoms with van der Waals surface area (Å²) in [4.78, 5) is 13.0. The van der Waals surface area contributed by atoms with Crippen molar-refractivity contribution >= 4 is 34.8 Å². The van der Waals surface area contributed by atoms with Gasteiger partial charge in [-0.15, -0.1) is 0 Å². The molecule has 1 aliphatic rings. The predicted octanol–water partition coefficient (Wildman–Crippen LogP) is 5.77. The Morgan fingerprint density at radius 3 is 2.23 bits per heavy atom. The summed E-state index contributed by atoms with van der Waals surface area (Å²) in [5.41, 5.74) is 2.68. The molecule has 0 bridgehead atoms. The van der Waals surface area contributed by atoms with E-state index in [1.807, 2.05) is 35.1 Å². The molecule has 7 heteroatoms. The minimum Gasteiger partial charge on any atom is -0.325 e. The van der Waals surface area contributed by atoms with Gasteiger partial charge < -0.3 is 5.32 Å². The van der Waals surface area contributed by atoms with Crippen LogP contribution in [0.2, 0.25) is 10.0 Å². The largest absolute Gasteiger partial charge is 0.325 e. The molecule has 162 valence electrons. The first-order chi connectivity index (χ1) is 14.7. The van der Waals surface area contributed by atoms with Crippen LogP contribution in [0.4, 0.5) is 5.69 Å². The topological polar surface area (TPSA) is 59.0 Å². The molecule has 0 saturated carbocycles. The van der Waals surface area contributed by atoms with Crippen molar-refractivity contribution in [3.05, 3.63) is 82.1 Å². The normalized spacial score (nSPS) is 21.3. The number of rotatable bonds is 4. The molecule has 1 unspecified atom stereocenters. The molecule has 1 aliphatic heterocycles. The van der Waals surface area contributed by atoms with E-state index < -0.39 is 0 Å². The van der Waals surface area contributed by atoms with Gasteiger partial charge in [-0.25, -0.2) is 0 Å². The fraction of sp³-hybridized carbons (Fsp3) is 0.333. The Labute approximate surface area is 192 Å². The highest BCUT2D eigenvalue weighted by Gasteiger charge is 2.40. The summed E-state index contributed by atoms with van der Waals surface area (Å²) in [6.07, 6.45) is 2.66. The number of hydrogen-bond acceptors (Lipinski definition) is 3. The third-order valence-corrected chi connectivity index (χ3v) is 6.11. The minimum atomic E-state index is -0.346. The smallest absolute Gasteiger partial charge is 0.241 e. The van der Waals surface area contributed by atoms with Gasteiger partial charge in [0.05, 0.1) is 17.3 Å². The van der Waals surface area contributed by atoms with Gasteiger partial charge in [0, 0.05) is 33.9 Å². The fourth-order valence-electron chi connectivity index (χ4n) is 3.94. The number of benzene rings is 2. The lowest BCUT2D eigenvalue weighted by Gasteiger charge is -2.21. The predicted molar refractivity (Wildman–Crippen MR) is 126 cm³/mol. The van der Waals surface area contributed by atoms with E-state index in [-0.39, 0.29) is 29.4 Å². The molecule has 1 aromatic heterocycles. The molecule has 3 atom stereocenters. The number of carbonyl (C=O) groups excluding carboxylic acids is 1. The molecule has 3 aromatic rings. The van der Waals surface area contributed by atoms with Gasteiger partial charge in [-0.05, 0) is 75.2 Å². The molecule has 1 fully saturated rings. The highest BCUT2D eigenvalue weighted by Crippen LogP contribution is 2.40. The molecular formula is C24H26Cl2N4O. The quantitative estimate of drug-likeness (QED) is 0.523. The Morgan fingerprint density at radius 1 is 1.03 bits per heavy atom. The third-order valence-electron chi connectivity index (χ3n) is 5.61. The summed E-state index contributed by atoms with van der Waals surface area (Å²) in [5, 5.41) is 12.7. The van der Waals surface area contributed by atoms with Crippen molar-refractivity contribution in [1.82, 2.24) is 15.1 Å². The number of aromatic nitrogens is 2. The van der Waals surface area contributed by atoms with Gasteiger partial charge in [-0.3, -0.25) is 14.8 Å². The van der Waals surface area contributed by atoms with Crippen LogP contribution in [-0.2, 0) is 10.3 Å². The van der Waals surface area contributed by atoms with Crippen molar-refractivity contribution in [1.29, 1.82) is 0 Å². The Balaban J connectivity index is 1.60. The first kappa shape index (κ1) is 21.9. The molecule has 4 rings (SSSR count). The van der Waals surface area contributed by atoms with Crippen molar-refractivity contribution in [2.75, 3.05) is 5.32 Å². The number of nitrogens with one attached hydrogen (secondary N) is 2. The van der Waals surface area contributed by atoms with Crippen LogP contribution in [0.25, 0.3) is 0 Å². The van der Waals surface area contributed by atoms with Crippen LogP contribution in [0.5, 0.6) is 0 Å². The molecule has 2 aromatic carbocycles. The molecular weight excluding hydrogens is 431 g/mol. The van der Waals surface area contributed by atoms with E-state index in [2.05, 4.69) is 37.5 Å². The molecule has 1 saturated heterocycles. The van der Waals surface area contributed by atoms with Gasteiger partial charge in [0.1, 0.15) is 0 Å². The van der Waals surface area contributed by atoms with Crippen LogP contribution in [0, 0.1) is 0 Å². The zero-order chi connectivity index (χ0) is 22.2. The summed E-state index contributed by atoms with van der Waals surface area (Å²) in [6.45, 7) is 6.36. The van der Waals surface area contributed by atoms with Crippen molar-refractivity contribution in [2.24, 2.45) is 0 Å². The zero-order valence-electron chi connectivity index (χ0n) is 17.8. The van der Waals surface area contributed by atoms with Gasteiger partial charge >= 0.3 is 0 Å². The summed E-state index contributed by atoms with van der Waals surface area (Å²) in [6, 6.07) is 16.6. The highest BCUT2D eigenvalue weighted by atomic mass is 35.5. The van der Waals surface area contributed by atoms with Crippen LogP contribution >= 0.6 is 23.2 Å². The van der Waals surface area contributed by atoms with Crippen LogP contribution in [0.1, 0.15) is 50.4 Å². The number of amides is 1. The van der Waals surface area contributed by atoms with E-state index in [0.29, 0.717) is 16.5 Å². The van der Waals surface area contributed by atoms with E-state index >= 15 is 0 Å². The van der Waals surface area contributed by atoms with Gasteiger partial charge in [0.25, 0.3) is 0 Å². The fourth-order valence-corrected chi connectivity index (χ4v) is 4.19. The van der Waals surface area contributed by atoms with Gasteiger partial charge in [0.2, 0.25) is 5.91 Å². The van der Waals surface area contributed by atoms with Crippen LogP contribution in [0.3, 0.4) is 0 Å².